The number of nitriles is 1. The van der Waals surface area contributed by atoms with Crippen molar-refractivity contribution in [1.29, 1.82) is 5.26 Å². The van der Waals surface area contributed by atoms with Crippen molar-refractivity contribution >= 4 is 17.7 Å². The highest BCUT2D eigenvalue weighted by Crippen LogP contribution is 2.21. The third-order valence-corrected chi connectivity index (χ3v) is 4.03. The van der Waals surface area contributed by atoms with Gasteiger partial charge in [0.2, 0.25) is 5.91 Å². The van der Waals surface area contributed by atoms with E-state index in [9.17, 15) is 4.79 Å². The zero-order chi connectivity index (χ0) is 15.0. The van der Waals surface area contributed by atoms with Gasteiger partial charge in [0, 0.05) is 18.8 Å². The molecule has 0 saturated heterocycles. The third kappa shape index (κ3) is 4.89. The standard InChI is InChI=1S/C14H22N4OS/c1-4-5-9-18-12(3)11(2)17-14(18)20-10-13(19)16-8-6-7-15/h4-6,8-10H2,1-3H3,(H,16,19). The van der Waals surface area contributed by atoms with E-state index in [0.29, 0.717) is 18.7 Å². The van der Waals surface area contributed by atoms with Crippen LogP contribution in [0.3, 0.4) is 0 Å². The summed E-state index contributed by atoms with van der Waals surface area (Å²) in [5.41, 5.74) is 2.19. The Morgan fingerprint density at radius 2 is 2.25 bits per heavy atom. The van der Waals surface area contributed by atoms with Gasteiger partial charge in [0.1, 0.15) is 0 Å². The number of nitrogens with one attached hydrogen (secondary N) is 1. The van der Waals surface area contributed by atoms with Crippen LogP contribution in [0.1, 0.15) is 37.6 Å². The van der Waals surface area contributed by atoms with Crippen LogP contribution in [-0.2, 0) is 11.3 Å². The second-order valence-electron chi connectivity index (χ2n) is 4.62. The van der Waals surface area contributed by atoms with E-state index in [4.69, 9.17) is 5.26 Å². The van der Waals surface area contributed by atoms with Gasteiger partial charge in [-0.15, -0.1) is 0 Å². The van der Waals surface area contributed by atoms with Crippen molar-refractivity contribution in [3.8, 4) is 6.07 Å². The van der Waals surface area contributed by atoms with Gasteiger partial charge in [-0.25, -0.2) is 4.98 Å². The van der Waals surface area contributed by atoms with E-state index in [-0.39, 0.29) is 5.91 Å². The Bertz CT molecular complexity index is 490. The van der Waals surface area contributed by atoms with Crippen LogP contribution in [0.4, 0.5) is 0 Å². The number of aromatic nitrogens is 2. The largest absolute Gasteiger partial charge is 0.354 e. The zero-order valence-corrected chi connectivity index (χ0v) is 13.2. The van der Waals surface area contributed by atoms with E-state index in [1.165, 1.54) is 17.5 Å². The van der Waals surface area contributed by atoms with Gasteiger partial charge in [-0.3, -0.25) is 4.79 Å². The van der Waals surface area contributed by atoms with Crippen molar-refractivity contribution in [1.82, 2.24) is 14.9 Å². The molecule has 1 heterocycles. The van der Waals surface area contributed by atoms with Crippen LogP contribution >= 0.6 is 11.8 Å². The second-order valence-corrected chi connectivity index (χ2v) is 5.56. The molecule has 0 saturated carbocycles. The van der Waals surface area contributed by atoms with Gasteiger partial charge in [0.15, 0.2) is 5.16 Å². The van der Waals surface area contributed by atoms with Crippen LogP contribution < -0.4 is 5.32 Å². The molecule has 1 aromatic heterocycles. The van der Waals surface area contributed by atoms with Crippen LogP contribution in [0.15, 0.2) is 5.16 Å². The SMILES string of the molecule is CCCCn1c(SCC(=O)NCCC#N)nc(C)c1C. The summed E-state index contributed by atoms with van der Waals surface area (Å²) in [5.74, 6) is 0.290. The summed E-state index contributed by atoms with van der Waals surface area (Å²) in [6.07, 6.45) is 2.59. The number of aryl methyl sites for hydroxylation is 1. The quantitative estimate of drug-likeness (QED) is 0.590. The molecular weight excluding hydrogens is 272 g/mol. The van der Waals surface area contributed by atoms with Crippen LogP contribution in [0.2, 0.25) is 0 Å². The summed E-state index contributed by atoms with van der Waals surface area (Å²) in [6, 6.07) is 2.00. The van der Waals surface area contributed by atoms with Gasteiger partial charge in [-0.1, -0.05) is 25.1 Å². The first-order valence-electron chi connectivity index (χ1n) is 6.90. The van der Waals surface area contributed by atoms with Gasteiger partial charge in [0.05, 0.1) is 23.9 Å². The van der Waals surface area contributed by atoms with Gasteiger partial charge in [0.25, 0.3) is 0 Å². The molecular formula is C14H22N4OS. The molecule has 1 amide bonds. The molecule has 6 heteroatoms. The number of hydrogen-bond donors (Lipinski definition) is 1. The highest BCUT2D eigenvalue weighted by molar-refractivity contribution is 7.99. The minimum atomic E-state index is -0.0504. The van der Waals surface area contributed by atoms with Crippen molar-refractivity contribution in [2.45, 2.75) is 51.7 Å². The molecule has 0 bridgehead atoms. The van der Waals surface area contributed by atoms with Crippen LogP contribution in [-0.4, -0.2) is 27.8 Å². The molecule has 0 atom stereocenters. The van der Waals surface area contributed by atoms with Gasteiger partial charge < -0.3 is 9.88 Å². The molecule has 0 aliphatic heterocycles. The summed E-state index contributed by atoms with van der Waals surface area (Å²) < 4.78 is 2.19. The fraction of sp³-hybridized carbons (Fsp3) is 0.643. The minimum Gasteiger partial charge on any atom is -0.354 e. The van der Waals surface area contributed by atoms with E-state index in [1.807, 2.05) is 13.0 Å². The number of nitrogens with zero attached hydrogens (tertiary/aromatic N) is 3. The van der Waals surface area contributed by atoms with Crippen molar-refractivity contribution in [3.63, 3.8) is 0 Å². The summed E-state index contributed by atoms with van der Waals surface area (Å²) in [6.45, 7) is 7.58. The van der Waals surface area contributed by atoms with Crippen molar-refractivity contribution in [2.75, 3.05) is 12.3 Å². The highest BCUT2D eigenvalue weighted by atomic mass is 32.2. The molecule has 0 aliphatic rings. The molecule has 1 rings (SSSR count). The zero-order valence-electron chi connectivity index (χ0n) is 12.4. The number of hydrogen-bond acceptors (Lipinski definition) is 4. The van der Waals surface area contributed by atoms with E-state index >= 15 is 0 Å². The monoisotopic (exact) mass is 294 g/mol. The van der Waals surface area contributed by atoms with Crippen molar-refractivity contribution in [2.24, 2.45) is 0 Å². The molecule has 0 radical (unpaired) electrons. The topological polar surface area (TPSA) is 70.7 Å². The molecule has 110 valence electrons. The van der Waals surface area contributed by atoms with E-state index in [2.05, 4.69) is 28.7 Å². The van der Waals surface area contributed by atoms with E-state index in [1.54, 1.807) is 0 Å². The Hall–Kier alpha value is -1.48. The summed E-state index contributed by atoms with van der Waals surface area (Å²) in [5, 5.41) is 12.0. The first-order chi connectivity index (χ1) is 9.60. The number of thioether (sulfide) groups is 1. The predicted molar refractivity (Wildman–Crippen MR) is 80.6 cm³/mol. The molecule has 1 aromatic rings. The molecule has 5 nitrogen and oxygen atoms in total. The van der Waals surface area contributed by atoms with E-state index < -0.39 is 0 Å². The number of imidazole rings is 1. The van der Waals surface area contributed by atoms with Crippen LogP contribution in [0, 0.1) is 25.2 Å². The van der Waals surface area contributed by atoms with Crippen molar-refractivity contribution < 1.29 is 4.79 Å². The maximum absolute atomic E-state index is 11.6. The molecule has 0 aromatic carbocycles. The fourth-order valence-corrected chi connectivity index (χ4v) is 2.70. The fourth-order valence-electron chi connectivity index (χ4n) is 1.75. The Labute approximate surface area is 124 Å². The Balaban J connectivity index is 2.56. The molecule has 0 fully saturated rings. The molecule has 0 aliphatic carbocycles. The molecule has 20 heavy (non-hydrogen) atoms. The smallest absolute Gasteiger partial charge is 0.230 e. The summed E-state index contributed by atoms with van der Waals surface area (Å²) in [7, 11) is 0. The lowest BCUT2D eigenvalue weighted by Crippen LogP contribution is -2.26. The number of amides is 1. The maximum atomic E-state index is 11.6. The van der Waals surface area contributed by atoms with Crippen molar-refractivity contribution in [3.05, 3.63) is 11.4 Å². The van der Waals surface area contributed by atoms with Gasteiger partial charge in [-0.05, 0) is 20.3 Å². The first-order valence-corrected chi connectivity index (χ1v) is 7.88. The predicted octanol–water partition coefficient (Wildman–Crippen LogP) is 2.42. The Morgan fingerprint density at radius 1 is 1.50 bits per heavy atom. The lowest BCUT2D eigenvalue weighted by molar-refractivity contribution is -0.118. The van der Waals surface area contributed by atoms with E-state index in [0.717, 1.165) is 30.2 Å². The Kier molecular flexibility index (Phi) is 7.16. The molecule has 0 unspecified atom stereocenters. The normalized spacial score (nSPS) is 10.3. The average molecular weight is 294 g/mol. The Morgan fingerprint density at radius 3 is 2.90 bits per heavy atom. The number of unbranched alkanes of at least 4 members (excludes halogenated alkanes) is 1. The number of rotatable bonds is 8. The minimum absolute atomic E-state index is 0.0504. The lowest BCUT2D eigenvalue weighted by Gasteiger charge is -2.09. The lowest BCUT2D eigenvalue weighted by atomic mass is 10.3. The average Bonchev–Trinajstić information content (AvgIpc) is 2.70. The molecule has 0 spiro atoms. The summed E-state index contributed by atoms with van der Waals surface area (Å²) >= 11 is 1.46. The summed E-state index contributed by atoms with van der Waals surface area (Å²) in [4.78, 5) is 16.2. The van der Waals surface area contributed by atoms with Crippen LogP contribution in [0.25, 0.3) is 0 Å². The molecule has 1 N–H and O–H groups in total. The highest BCUT2D eigenvalue weighted by Gasteiger charge is 2.12. The van der Waals surface area contributed by atoms with Gasteiger partial charge in [-0.2, -0.15) is 5.26 Å². The first kappa shape index (κ1) is 16.6. The maximum Gasteiger partial charge on any atom is 0.230 e. The van der Waals surface area contributed by atoms with Gasteiger partial charge >= 0.3 is 0 Å². The second kappa shape index (κ2) is 8.64. The third-order valence-electron chi connectivity index (χ3n) is 3.05. The number of carbonyl (C=O) groups is 1. The number of carbonyl (C=O) groups excluding carboxylic acids is 1. The van der Waals surface area contributed by atoms with Crippen LogP contribution in [0.5, 0.6) is 0 Å².